The number of hydrogen-bond donors (Lipinski definition) is 2. The average molecular weight is 447 g/mol. The highest BCUT2D eigenvalue weighted by atomic mass is 16.5. The molecular weight excluding hydrogens is 416 g/mol. The summed E-state index contributed by atoms with van der Waals surface area (Å²) in [5.74, 6) is 0.273. The first-order valence-electron chi connectivity index (χ1n) is 11.5. The number of amides is 2. The van der Waals surface area contributed by atoms with Crippen LogP contribution >= 0.6 is 0 Å². The van der Waals surface area contributed by atoms with Gasteiger partial charge in [-0.2, -0.15) is 0 Å². The molecule has 0 atom stereocenters. The first kappa shape index (κ1) is 22.8. The van der Waals surface area contributed by atoms with E-state index in [4.69, 9.17) is 4.74 Å². The first-order chi connectivity index (χ1) is 16.1. The Hall–Kier alpha value is -3.38. The maximum absolute atomic E-state index is 12.9. The Morgan fingerprint density at radius 2 is 1.55 bits per heavy atom. The second kappa shape index (κ2) is 10.5. The Labute approximate surface area is 194 Å². The fourth-order valence-corrected chi connectivity index (χ4v) is 4.40. The summed E-state index contributed by atoms with van der Waals surface area (Å²) in [5.41, 5.74) is 2.32. The highest BCUT2D eigenvalue weighted by Gasteiger charge is 2.31. The molecule has 0 saturated heterocycles. The van der Waals surface area contributed by atoms with Gasteiger partial charge in [-0.1, -0.05) is 49.6 Å². The molecule has 1 aliphatic heterocycles. The van der Waals surface area contributed by atoms with Crippen molar-refractivity contribution in [2.45, 2.75) is 38.6 Å². The molecule has 6 heteroatoms. The van der Waals surface area contributed by atoms with Gasteiger partial charge in [0.2, 0.25) is 0 Å². The fourth-order valence-electron chi connectivity index (χ4n) is 4.40. The standard InChI is InChI=1S/C27H30N2O4/c1-33-24-17-19(13-14-23(24)30)18-28-15-5-3-2-4-6-16-29-26(31)21-11-7-9-20-10-8-12-22(25(20)21)27(29)32/h7-14,17,28,30H,2-6,15-16,18H2,1H3. The molecular formula is C27H30N2O4. The SMILES string of the molecule is COc1cc(CNCCCCCCCN2C(=O)c3cccc4cccc(c34)C2=O)ccc1O. The Bertz CT molecular complexity index is 1110. The van der Waals surface area contributed by atoms with Crippen molar-refractivity contribution in [1.82, 2.24) is 10.2 Å². The van der Waals surface area contributed by atoms with E-state index in [9.17, 15) is 14.7 Å². The summed E-state index contributed by atoms with van der Waals surface area (Å²) in [5, 5.41) is 14.8. The minimum absolute atomic E-state index is 0.149. The number of methoxy groups -OCH3 is 1. The highest BCUT2D eigenvalue weighted by Crippen LogP contribution is 2.30. The van der Waals surface area contributed by atoms with Crippen molar-refractivity contribution in [3.63, 3.8) is 0 Å². The third-order valence-corrected chi connectivity index (χ3v) is 6.16. The summed E-state index contributed by atoms with van der Waals surface area (Å²) in [4.78, 5) is 27.2. The number of unbranched alkanes of at least 4 members (excludes halogenated alkanes) is 4. The van der Waals surface area contributed by atoms with E-state index in [1.807, 2.05) is 48.5 Å². The lowest BCUT2D eigenvalue weighted by Gasteiger charge is -2.27. The minimum atomic E-state index is -0.181. The highest BCUT2D eigenvalue weighted by molar-refractivity contribution is 6.25. The number of hydrogen-bond acceptors (Lipinski definition) is 5. The molecule has 0 bridgehead atoms. The molecule has 172 valence electrons. The van der Waals surface area contributed by atoms with E-state index in [-0.39, 0.29) is 17.6 Å². The van der Waals surface area contributed by atoms with Crippen molar-refractivity contribution in [3.05, 3.63) is 71.3 Å². The van der Waals surface area contributed by atoms with Gasteiger partial charge in [0.05, 0.1) is 7.11 Å². The van der Waals surface area contributed by atoms with Gasteiger partial charge >= 0.3 is 0 Å². The van der Waals surface area contributed by atoms with E-state index < -0.39 is 0 Å². The van der Waals surface area contributed by atoms with Crippen LogP contribution in [0.1, 0.15) is 58.4 Å². The molecule has 0 spiro atoms. The Morgan fingerprint density at radius 1 is 0.879 bits per heavy atom. The van der Waals surface area contributed by atoms with Crippen LogP contribution in [0.25, 0.3) is 10.8 Å². The molecule has 3 aromatic rings. The van der Waals surface area contributed by atoms with Crippen LogP contribution in [0.5, 0.6) is 11.5 Å². The maximum atomic E-state index is 12.9. The summed E-state index contributed by atoms with van der Waals surface area (Å²) in [6.45, 7) is 2.10. The van der Waals surface area contributed by atoms with Gasteiger partial charge < -0.3 is 15.2 Å². The van der Waals surface area contributed by atoms with Gasteiger partial charge in [-0.3, -0.25) is 14.5 Å². The lowest BCUT2D eigenvalue weighted by Crippen LogP contribution is -2.40. The van der Waals surface area contributed by atoms with Gasteiger partial charge in [0.25, 0.3) is 11.8 Å². The maximum Gasteiger partial charge on any atom is 0.261 e. The molecule has 6 nitrogen and oxygen atoms in total. The average Bonchev–Trinajstić information content (AvgIpc) is 2.84. The third kappa shape index (κ3) is 5.01. The Kier molecular flexibility index (Phi) is 7.25. The van der Waals surface area contributed by atoms with E-state index >= 15 is 0 Å². The van der Waals surface area contributed by atoms with Crippen LogP contribution in [-0.4, -0.2) is 42.0 Å². The predicted molar refractivity (Wildman–Crippen MR) is 129 cm³/mol. The van der Waals surface area contributed by atoms with Crippen molar-refractivity contribution in [3.8, 4) is 11.5 Å². The number of phenolic OH excluding ortho intramolecular Hbond substituents is 1. The van der Waals surface area contributed by atoms with Crippen LogP contribution in [0.4, 0.5) is 0 Å². The molecule has 0 unspecified atom stereocenters. The lowest BCUT2D eigenvalue weighted by molar-refractivity contribution is 0.0607. The van der Waals surface area contributed by atoms with Crippen LogP contribution in [0.15, 0.2) is 54.6 Å². The van der Waals surface area contributed by atoms with E-state index in [1.165, 1.54) is 4.90 Å². The monoisotopic (exact) mass is 446 g/mol. The largest absolute Gasteiger partial charge is 0.504 e. The smallest absolute Gasteiger partial charge is 0.261 e. The topological polar surface area (TPSA) is 78.9 Å². The molecule has 3 aromatic carbocycles. The number of aromatic hydroxyl groups is 1. The summed E-state index contributed by atoms with van der Waals surface area (Å²) in [7, 11) is 1.54. The third-order valence-electron chi connectivity index (χ3n) is 6.16. The van der Waals surface area contributed by atoms with Crippen molar-refractivity contribution in [2.75, 3.05) is 20.2 Å². The Balaban J connectivity index is 1.16. The molecule has 2 N–H and O–H groups in total. The summed E-state index contributed by atoms with van der Waals surface area (Å²) >= 11 is 0. The van der Waals surface area contributed by atoms with Crippen molar-refractivity contribution >= 4 is 22.6 Å². The second-order valence-corrected chi connectivity index (χ2v) is 8.42. The number of carbonyl (C=O) groups excluding carboxylic acids is 2. The number of ether oxygens (including phenoxy) is 1. The number of phenols is 1. The summed E-state index contributed by atoms with van der Waals surface area (Å²) < 4.78 is 5.13. The van der Waals surface area contributed by atoms with Crippen LogP contribution in [-0.2, 0) is 6.54 Å². The Morgan fingerprint density at radius 3 is 2.24 bits per heavy atom. The van der Waals surface area contributed by atoms with Gasteiger partial charge in [0.15, 0.2) is 11.5 Å². The molecule has 0 aliphatic carbocycles. The van der Waals surface area contributed by atoms with Gasteiger partial charge in [-0.25, -0.2) is 0 Å². The van der Waals surface area contributed by atoms with E-state index in [2.05, 4.69) is 5.32 Å². The molecule has 0 fully saturated rings. The molecule has 1 aliphatic rings. The minimum Gasteiger partial charge on any atom is -0.504 e. The number of benzene rings is 3. The normalized spacial score (nSPS) is 13.1. The molecule has 0 aromatic heterocycles. The number of nitrogens with zero attached hydrogens (tertiary/aromatic N) is 1. The first-order valence-corrected chi connectivity index (χ1v) is 11.5. The molecule has 4 rings (SSSR count). The zero-order chi connectivity index (χ0) is 23.2. The quantitative estimate of drug-likeness (QED) is 0.324. The summed E-state index contributed by atoms with van der Waals surface area (Å²) in [6.07, 6.45) is 5.02. The molecule has 0 radical (unpaired) electrons. The lowest BCUT2D eigenvalue weighted by atomic mass is 9.94. The van der Waals surface area contributed by atoms with Crippen molar-refractivity contribution in [1.29, 1.82) is 0 Å². The number of carbonyl (C=O) groups is 2. The van der Waals surface area contributed by atoms with E-state index in [0.717, 1.165) is 61.5 Å². The number of nitrogens with one attached hydrogen (secondary N) is 1. The zero-order valence-electron chi connectivity index (χ0n) is 19.0. The van der Waals surface area contributed by atoms with Crippen LogP contribution in [0, 0.1) is 0 Å². The van der Waals surface area contributed by atoms with Gasteiger partial charge in [0, 0.05) is 29.6 Å². The molecule has 1 heterocycles. The van der Waals surface area contributed by atoms with Crippen LogP contribution in [0.2, 0.25) is 0 Å². The van der Waals surface area contributed by atoms with Crippen LogP contribution in [0.3, 0.4) is 0 Å². The van der Waals surface area contributed by atoms with Crippen molar-refractivity contribution < 1.29 is 19.4 Å². The second-order valence-electron chi connectivity index (χ2n) is 8.42. The molecule has 0 saturated carbocycles. The van der Waals surface area contributed by atoms with E-state index in [0.29, 0.717) is 23.4 Å². The van der Waals surface area contributed by atoms with Gasteiger partial charge in [0.1, 0.15) is 0 Å². The fraction of sp³-hybridized carbons (Fsp3) is 0.333. The van der Waals surface area contributed by atoms with Crippen LogP contribution < -0.4 is 10.1 Å². The predicted octanol–water partition coefficient (Wildman–Crippen LogP) is 4.89. The van der Waals surface area contributed by atoms with E-state index in [1.54, 1.807) is 13.2 Å². The molecule has 33 heavy (non-hydrogen) atoms. The summed E-state index contributed by atoms with van der Waals surface area (Å²) in [6, 6.07) is 16.6. The van der Waals surface area contributed by atoms with Gasteiger partial charge in [-0.05, 0) is 54.6 Å². The number of rotatable bonds is 11. The zero-order valence-corrected chi connectivity index (χ0v) is 19.0. The van der Waals surface area contributed by atoms with Crippen molar-refractivity contribution in [2.24, 2.45) is 0 Å². The number of imide groups is 1. The molecule has 2 amide bonds. The van der Waals surface area contributed by atoms with Gasteiger partial charge in [-0.15, -0.1) is 0 Å².